The summed E-state index contributed by atoms with van der Waals surface area (Å²) in [5, 5.41) is 3.02. The van der Waals surface area contributed by atoms with Crippen LogP contribution in [-0.4, -0.2) is 62.8 Å². The number of nitrogens with one attached hydrogen (secondary N) is 1. The number of carbonyl (C=O) groups is 1. The Morgan fingerprint density at radius 2 is 1.85 bits per heavy atom. The number of ether oxygens (including phenoxy) is 3. The van der Waals surface area contributed by atoms with Gasteiger partial charge in [-0.05, 0) is 50.9 Å². The lowest BCUT2D eigenvalue weighted by Crippen LogP contribution is -2.40. The van der Waals surface area contributed by atoms with Crippen LogP contribution in [0, 0.1) is 0 Å². The number of methoxy groups -OCH3 is 3. The summed E-state index contributed by atoms with van der Waals surface area (Å²) in [6.45, 7) is 5.54. The number of hydrogen-bond donors (Lipinski definition) is 1. The zero-order valence-electron chi connectivity index (χ0n) is 20.3. The number of carbonyl (C=O) groups excluding carboxylic acids is 1. The van der Waals surface area contributed by atoms with Crippen LogP contribution in [0.3, 0.4) is 0 Å². The van der Waals surface area contributed by atoms with Crippen LogP contribution in [-0.2, 0) is 6.54 Å². The summed E-state index contributed by atoms with van der Waals surface area (Å²) >= 11 is 0. The van der Waals surface area contributed by atoms with Crippen molar-refractivity contribution in [1.82, 2.24) is 9.80 Å². The van der Waals surface area contributed by atoms with Gasteiger partial charge in [0.1, 0.15) is 17.2 Å². The molecule has 0 aliphatic carbocycles. The van der Waals surface area contributed by atoms with E-state index in [0.29, 0.717) is 36.3 Å². The Morgan fingerprint density at radius 1 is 1.06 bits per heavy atom. The van der Waals surface area contributed by atoms with Crippen molar-refractivity contribution < 1.29 is 19.0 Å². The van der Waals surface area contributed by atoms with Gasteiger partial charge in [0, 0.05) is 30.8 Å². The summed E-state index contributed by atoms with van der Waals surface area (Å²) in [6, 6.07) is 13.6. The molecule has 7 nitrogen and oxygen atoms in total. The van der Waals surface area contributed by atoms with Crippen molar-refractivity contribution >= 4 is 11.7 Å². The Balaban J connectivity index is 1.73. The SMILES string of the molecule is COc1ccc(NC(=O)N(CCCN2CCCCC2C)Cc2ccccc2OC)c(OC)c1. The number of amides is 2. The predicted octanol–water partition coefficient (Wildman–Crippen LogP) is 5.01. The Kier molecular flexibility index (Phi) is 9.24. The summed E-state index contributed by atoms with van der Waals surface area (Å²) in [5.41, 5.74) is 1.58. The second kappa shape index (κ2) is 12.3. The molecule has 1 saturated heterocycles. The Morgan fingerprint density at radius 3 is 2.58 bits per heavy atom. The van der Waals surface area contributed by atoms with Crippen molar-refractivity contribution in [3.63, 3.8) is 0 Å². The van der Waals surface area contributed by atoms with Crippen LogP contribution in [0.1, 0.15) is 38.2 Å². The highest BCUT2D eigenvalue weighted by Gasteiger charge is 2.21. The lowest BCUT2D eigenvalue weighted by molar-refractivity contribution is 0.150. The van der Waals surface area contributed by atoms with Crippen molar-refractivity contribution in [3.05, 3.63) is 48.0 Å². The summed E-state index contributed by atoms with van der Waals surface area (Å²) < 4.78 is 16.2. The topological polar surface area (TPSA) is 63.3 Å². The monoisotopic (exact) mass is 455 g/mol. The van der Waals surface area contributed by atoms with Crippen molar-refractivity contribution in [3.8, 4) is 17.2 Å². The van der Waals surface area contributed by atoms with Gasteiger partial charge in [0.2, 0.25) is 0 Å². The maximum absolute atomic E-state index is 13.4. The van der Waals surface area contributed by atoms with Gasteiger partial charge < -0.3 is 29.3 Å². The fraction of sp³-hybridized carbons (Fsp3) is 0.500. The summed E-state index contributed by atoms with van der Waals surface area (Å²) in [5.74, 6) is 2.01. The molecule has 2 aromatic carbocycles. The first-order valence-electron chi connectivity index (χ1n) is 11.7. The molecule has 180 valence electrons. The van der Waals surface area contributed by atoms with Gasteiger partial charge in [-0.25, -0.2) is 4.79 Å². The molecule has 7 heteroatoms. The quantitative estimate of drug-likeness (QED) is 0.546. The molecule has 0 aromatic heterocycles. The number of anilines is 1. The molecule has 0 bridgehead atoms. The fourth-order valence-corrected chi connectivity index (χ4v) is 4.34. The number of likely N-dealkylation sites (tertiary alicyclic amines) is 1. The van der Waals surface area contributed by atoms with Crippen LogP contribution in [0.15, 0.2) is 42.5 Å². The Bertz CT molecular complexity index is 905. The molecule has 0 saturated carbocycles. The minimum atomic E-state index is -0.170. The van der Waals surface area contributed by atoms with Crippen molar-refractivity contribution in [2.75, 3.05) is 46.3 Å². The van der Waals surface area contributed by atoms with Crippen molar-refractivity contribution in [1.29, 1.82) is 0 Å². The van der Waals surface area contributed by atoms with E-state index in [2.05, 4.69) is 17.1 Å². The number of benzene rings is 2. The highest BCUT2D eigenvalue weighted by Crippen LogP contribution is 2.29. The van der Waals surface area contributed by atoms with E-state index in [0.717, 1.165) is 30.8 Å². The molecule has 2 amide bonds. The van der Waals surface area contributed by atoms with Gasteiger partial charge in [-0.3, -0.25) is 0 Å². The van der Waals surface area contributed by atoms with Crippen LogP contribution < -0.4 is 19.5 Å². The number of rotatable bonds is 10. The number of urea groups is 1. The molecule has 3 rings (SSSR count). The molecule has 1 fully saturated rings. The van der Waals surface area contributed by atoms with E-state index < -0.39 is 0 Å². The van der Waals surface area contributed by atoms with Gasteiger partial charge >= 0.3 is 6.03 Å². The van der Waals surface area contributed by atoms with E-state index in [1.54, 1.807) is 39.5 Å². The van der Waals surface area contributed by atoms with Gasteiger partial charge in [-0.15, -0.1) is 0 Å². The van der Waals surface area contributed by atoms with Crippen molar-refractivity contribution in [2.24, 2.45) is 0 Å². The van der Waals surface area contributed by atoms with E-state index in [4.69, 9.17) is 14.2 Å². The number of piperidine rings is 1. The zero-order valence-corrected chi connectivity index (χ0v) is 20.3. The highest BCUT2D eigenvalue weighted by atomic mass is 16.5. The lowest BCUT2D eigenvalue weighted by atomic mass is 10.0. The second-order valence-electron chi connectivity index (χ2n) is 8.46. The first-order chi connectivity index (χ1) is 16.0. The molecule has 1 aliphatic heterocycles. The number of para-hydroxylation sites is 1. The molecule has 0 radical (unpaired) electrons. The lowest BCUT2D eigenvalue weighted by Gasteiger charge is -2.34. The molecule has 1 heterocycles. The Hall–Kier alpha value is -2.93. The molecule has 1 unspecified atom stereocenters. The highest BCUT2D eigenvalue weighted by molar-refractivity contribution is 5.91. The number of nitrogens with zero attached hydrogens (tertiary/aromatic N) is 2. The van der Waals surface area contributed by atoms with Crippen LogP contribution in [0.25, 0.3) is 0 Å². The first kappa shape index (κ1) is 24.7. The van der Waals surface area contributed by atoms with Gasteiger partial charge in [0.15, 0.2) is 0 Å². The minimum absolute atomic E-state index is 0.170. The molecule has 2 aromatic rings. The maximum atomic E-state index is 13.4. The third kappa shape index (κ3) is 6.78. The fourth-order valence-electron chi connectivity index (χ4n) is 4.34. The summed E-state index contributed by atoms with van der Waals surface area (Å²) in [6.07, 6.45) is 4.73. The van der Waals surface area contributed by atoms with Crippen LogP contribution in [0.4, 0.5) is 10.5 Å². The molecule has 1 N–H and O–H groups in total. The third-order valence-electron chi connectivity index (χ3n) is 6.31. The second-order valence-corrected chi connectivity index (χ2v) is 8.46. The predicted molar refractivity (Wildman–Crippen MR) is 131 cm³/mol. The normalized spacial score (nSPS) is 16.2. The molecular formula is C26H37N3O4. The van der Waals surface area contributed by atoms with E-state index >= 15 is 0 Å². The molecule has 33 heavy (non-hydrogen) atoms. The van der Waals surface area contributed by atoms with Gasteiger partial charge in [0.25, 0.3) is 0 Å². The largest absolute Gasteiger partial charge is 0.497 e. The first-order valence-corrected chi connectivity index (χ1v) is 11.7. The number of hydrogen-bond acceptors (Lipinski definition) is 5. The maximum Gasteiger partial charge on any atom is 0.322 e. The smallest absolute Gasteiger partial charge is 0.322 e. The van der Waals surface area contributed by atoms with Gasteiger partial charge in [-0.2, -0.15) is 0 Å². The van der Waals surface area contributed by atoms with E-state index in [1.165, 1.54) is 19.3 Å². The minimum Gasteiger partial charge on any atom is -0.497 e. The molecular weight excluding hydrogens is 418 g/mol. The van der Waals surface area contributed by atoms with Gasteiger partial charge in [0.05, 0.1) is 33.6 Å². The van der Waals surface area contributed by atoms with Crippen LogP contribution in [0.2, 0.25) is 0 Å². The summed E-state index contributed by atoms with van der Waals surface area (Å²) in [7, 11) is 4.84. The van der Waals surface area contributed by atoms with E-state index in [1.807, 2.05) is 29.2 Å². The van der Waals surface area contributed by atoms with Crippen molar-refractivity contribution in [2.45, 2.75) is 45.2 Å². The van der Waals surface area contributed by atoms with Crippen LogP contribution >= 0.6 is 0 Å². The average molecular weight is 456 g/mol. The Labute approximate surface area is 197 Å². The molecule has 1 atom stereocenters. The molecule has 0 spiro atoms. The van der Waals surface area contributed by atoms with Crippen LogP contribution in [0.5, 0.6) is 17.2 Å². The van der Waals surface area contributed by atoms with E-state index in [9.17, 15) is 4.79 Å². The van der Waals surface area contributed by atoms with E-state index in [-0.39, 0.29) is 6.03 Å². The third-order valence-corrected chi connectivity index (χ3v) is 6.31. The summed E-state index contributed by atoms with van der Waals surface area (Å²) in [4.78, 5) is 17.7. The van der Waals surface area contributed by atoms with Gasteiger partial charge in [-0.1, -0.05) is 24.6 Å². The average Bonchev–Trinajstić information content (AvgIpc) is 2.85. The zero-order chi connectivity index (χ0) is 23.6. The standard InChI is InChI=1S/C26H37N3O4/c1-20-10-7-8-15-28(20)16-9-17-29(19-21-11-5-6-12-24(21)32-3)26(30)27-23-14-13-22(31-2)18-25(23)33-4/h5-6,11-14,18,20H,7-10,15-17,19H2,1-4H3,(H,27,30). The molecule has 1 aliphatic rings.